The number of sulfonamides is 2. The van der Waals surface area contributed by atoms with Crippen molar-refractivity contribution in [3.63, 3.8) is 0 Å². The van der Waals surface area contributed by atoms with Crippen LogP contribution in [0, 0.1) is 5.92 Å². The number of fused-ring (bicyclic) bond motifs is 2. The van der Waals surface area contributed by atoms with Crippen LogP contribution in [0.4, 0.5) is 5.82 Å². The van der Waals surface area contributed by atoms with Crippen LogP contribution in [-0.2, 0) is 26.5 Å². The fourth-order valence-corrected chi connectivity index (χ4v) is 8.40. The third-order valence-corrected chi connectivity index (χ3v) is 9.59. The minimum Gasteiger partial charge on any atom is -0.393 e. The van der Waals surface area contributed by atoms with Gasteiger partial charge in [0.15, 0.2) is 0 Å². The van der Waals surface area contributed by atoms with Gasteiger partial charge in [-0.15, -0.1) is 0 Å². The molecule has 188 valence electrons. The molecule has 5 atom stereocenters. The smallest absolute Gasteiger partial charge is 0.213 e. The number of aliphatic hydroxyl groups excluding tert-OH is 1. The average molecular weight is 521 g/mol. The minimum absolute atomic E-state index is 0.138. The summed E-state index contributed by atoms with van der Waals surface area (Å²) in [6.45, 7) is 0. The Morgan fingerprint density at radius 1 is 1.11 bits per heavy atom. The fraction of sp³-hybridized carbons (Fsp3) is 0.455. The molecule has 1 aromatic carbocycles. The van der Waals surface area contributed by atoms with Gasteiger partial charge in [0.2, 0.25) is 20.0 Å². The van der Waals surface area contributed by atoms with Crippen molar-refractivity contribution in [2.75, 3.05) is 11.1 Å². The number of nitrogens with one attached hydrogen (secondary N) is 1. The Morgan fingerprint density at radius 2 is 1.89 bits per heavy atom. The first-order valence-corrected chi connectivity index (χ1v) is 14.7. The van der Waals surface area contributed by atoms with Crippen LogP contribution in [0.15, 0.2) is 42.9 Å². The van der Waals surface area contributed by atoms with Gasteiger partial charge in [0, 0.05) is 18.2 Å². The highest BCUT2D eigenvalue weighted by Crippen LogP contribution is 2.41. The van der Waals surface area contributed by atoms with Gasteiger partial charge in [-0.2, -0.15) is 0 Å². The van der Waals surface area contributed by atoms with E-state index >= 15 is 0 Å². The molecule has 1 unspecified atom stereocenters. The molecule has 0 spiro atoms. The quantitative estimate of drug-likeness (QED) is 0.352. The number of hydrogen-bond donors (Lipinski definition) is 4. The van der Waals surface area contributed by atoms with E-state index in [0.717, 1.165) is 18.2 Å². The van der Waals surface area contributed by atoms with Gasteiger partial charge >= 0.3 is 0 Å². The molecular formula is C22H28N6O5S2. The zero-order valence-corrected chi connectivity index (χ0v) is 20.5. The van der Waals surface area contributed by atoms with Crippen molar-refractivity contribution in [3.05, 3.63) is 54.0 Å². The second-order valence-corrected chi connectivity index (χ2v) is 12.9. The molecule has 1 fully saturated rings. The summed E-state index contributed by atoms with van der Waals surface area (Å²) in [5.74, 6) is -1.02. The zero-order chi connectivity index (χ0) is 25.0. The first kappa shape index (κ1) is 24.1. The highest BCUT2D eigenvalue weighted by Gasteiger charge is 2.45. The molecule has 5 rings (SSSR count). The highest BCUT2D eigenvalue weighted by molar-refractivity contribution is 7.93. The van der Waals surface area contributed by atoms with E-state index in [-0.39, 0.29) is 24.9 Å². The third-order valence-electron chi connectivity index (χ3n) is 7.19. The summed E-state index contributed by atoms with van der Waals surface area (Å²) < 4.78 is 49.5. The molecule has 0 bridgehead atoms. The number of nitrogens with zero attached hydrogens (tertiary/aromatic N) is 3. The number of hydrogen-bond acceptors (Lipinski definition) is 8. The number of aryl methyl sites for hydroxylation is 1. The summed E-state index contributed by atoms with van der Waals surface area (Å²) in [5, 5.41) is 24.0. The Balaban J connectivity index is 1.42. The predicted octanol–water partition coefficient (Wildman–Crippen LogP) is 0.788. The first-order valence-electron chi connectivity index (χ1n) is 11.4. The lowest BCUT2D eigenvalue weighted by Gasteiger charge is -2.23. The molecule has 2 aliphatic rings. The SMILES string of the molecule is NS(=O)(=O)CC([C@H]1C[C@@H](n2ccc3c(N[C@H]4CCc5ccccc54)ncnc32)C[C@@H]1O)S(N)(=O)=O. The number of benzene rings is 1. The van der Waals surface area contributed by atoms with Gasteiger partial charge in [-0.05, 0) is 42.9 Å². The van der Waals surface area contributed by atoms with Gasteiger partial charge in [0.05, 0.1) is 28.5 Å². The Kier molecular flexibility index (Phi) is 6.08. The van der Waals surface area contributed by atoms with E-state index in [1.165, 1.54) is 17.5 Å². The molecule has 0 saturated heterocycles. The van der Waals surface area contributed by atoms with E-state index in [0.29, 0.717) is 11.5 Å². The molecule has 35 heavy (non-hydrogen) atoms. The summed E-state index contributed by atoms with van der Waals surface area (Å²) in [6, 6.07) is 10.0. The van der Waals surface area contributed by atoms with Crippen molar-refractivity contribution in [3.8, 4) is 0 Å². The molecule has 6 N–H and O–H groups in total. The Morgan fingerprint density at radius 3 is 2.63 bits per heavy atom. The van der Waals surface area contributed by atoms with E-state index in [1.807, 2.05) is 29.0 Å². The van der Waals surface area contributed by atoms with Crippen molar-refractivity contribution >= 4 is 36.9 Å². The fourth-order valence-electron chi connectivity index (χ4n) is 5.59. The van der Waals surface area contributed by atoms with E-state index in [1.54, 1.807) is 0 Å². The number of nitrogens with two attached hydrogens (primary N) is 2. The maximum atomic E-state index is 12.2. The van der Waals surface area contributed by atoms with Gasteiger partial charge in [0.1, 0.15) is 17.8 Å². The second-order valence-electron chi connectivity index (χ2n) is 9.43. The first-order chi connectivity index (χ1) is 16.5. The van der Waals surface area contributed by atoms with Gasteiger partial charge < -0.3 is 15.0 Å². The van der Waals surface area contributed by atoms with Crippen molar-refractivity contribution in [1.82, 2.24) is 14.5 Å². The number of primary sulfonamides is 2. The number of aliphatic hydroxyl groups is 1. The molecule has 0 radical (unpaired) electrons. The molecular weight excluding hydrogens is 492 g/mol. The van der Waals surface area contributed by atoms with E-state index < -0.39 is 43.1 Å². The Bertz CT molecular complexity index is 1470. The molecule has 2 aromatic heterocycles. The summed E-state index contributed by atoms with van der Waals surface area (Å²) >= 11 is 0. The summed E-state index contributed by atoms with van der Waals surface area (Å²) in [7, 11) is -8.38. The lowest BCUT2D eigenvalue weighted by atomic mass is 10.0. The number of anilines is 1. The summed E-state index contributed by atoms with van der Waals surface area (Å²) in [5.41, 5.74) is 3.22. The standard InChI is InChI=1S/C22H28N6O5S2/c23-34(30,31)11-20(35(24,32)33)17-9-14(10-19(17)29)28-8-7-16-21(25-12-26-22(16)28)27-18-6-5-13-3-1-2-4-15(13)18/h1-4,7-8,12,14,17-20,29H,5-6,9-11H2,(H2,23,30,31)(H2,24,32,33)(H,25,26,27)/t14-,17+,18+,19+,20?/m1/s1. The third kappa shape index (κ3) is 4.78. The molecule has 2 aliphatic carbocycles. The number of rotatable bonds is 7. The van der Waals surface area contributed by atoms with Gasteiger partial charge in [0.25, 0.3) is 0 Å². The van der Waals surface area contributed by atoms with Crippen LogP contribution in [0.1, 0.15) is 42.5 Å². The van der Waals surface area contributed by atoms with Crippen molar-refractivity contribution < 1.29 is 21.9 Å². The highest BCUT2D eigenvalue weighted by atomic mass is 32.2. The van der Waals surface area contributed by atoms with Gasteiger partial charge in [-0.1, -0.05) is 24.3 Å². The molecule has 0 aliphatic heterocycles. The summed E-state index contributed by atoms with van der Waals surface area (Å²) in [4.78, 5) is 8.89. The van der Waals surface area contributed by atoms with Crippen LogP contribution < -0.4 is 15.6 Å². The largest absolute Gasteiger partial charge is 0.393 e. The van der Waals surface area contributed by atoms with Crippen LogP contribution in [0.25, 0.3) is 11.0 Å². The molecule has 0 amide bonds. The van der Waals surface area contributed by atoms with Crippen LogP contribution >= 0.6 is 0 Å². The average Bonchev–Trinajstić information content (AvgIpc) is 3.48. The van der Waals surface area contributed by atoms with Crippen molar-refractivity contribution in [2.24, 2.45) is 16.2 Å². The van der Waals surface area contributed by atoms with E-state index in [4.69, 9.17) is 10.3 Å². The minimum atomic E-state index is -4.26. The van der Waals surface area contributed by atoms with Crippen LogP contribution in [0.3, 0.4) is 0 Å². The van der Waals surface area contributed by atoms with E-state index in [9.17, 15) is 21.9 Å². The summed E-state index contributed by atoms with van der Waals surface area (Å²) in [6.07, 6.45) is 4.64. The van der Waals surface area contributed by atoms with Crippen LogP contribution in [0.5, 0.6) is 0 Å². The Hall–Kier alpha value is -2.58. The molecule has 11 nitrogen and oxygen atoms in total. The lowest BCUT2D eigenvalue weighted by Crippen LogP contribution is -2.44. The molecule has 13 heteroatoms. The molecule has 2 heterocycles. The molecule has 1 saturated carbocycles. The number of aromatic nitrogens is 3. The lowest BCUT2D eigenvalue weighted by molar-refractivity contribution is 0.131. The van der Waals surface area contributed by atoms with Crippen molar-refractivity contribution in [2.45, 2.75) is 49.1 Å². The monoisotopic (exact) mass is 520 g/mol. The van der Waals surface area contributed by atoms with Crippen LogP contribution in [0.2, 0.25) is 0 Å². The molecule has 3 aromatic rings. The topological polar surface area (TPSA) is 183 Å². The van der Waals surface area contributed by atoms with E-state index in [2.05, 4.69) is 27.4 Å². The predicted molar refractivity (Wildman–Crippen MR) is 131 cm³/mol. The second kappa shape index (κ2) is 8.82. The normalized spacial score (nSPS) is 25.6. The van der Waals surface area contributed by atoms with Gasteiger partial charge in [-0.25, -0.2) is 37.1 Å². The van der Waals surface area contributed by atoms with Crippen LogP contribution in [-0.4, -0.2) is 53.6 Å². The maximum absolute atomic E-state index is 12.2. The Labute approximate surface area is 203 Å². The van der Waals surface area contributed by atoms with Gasteiger partial charge in [-0.3, -0.25) is 0 Å². The zero-order valence-electron chi connectivity index (χ0n) is 18.9. The maximum Gasteiger partial charge on any atom is 0.213 e. The van der Waals surface area contributed by atoms with Crippen molar-refractivity contribution in [1.29, 1.82) is 0 Å².